The van der Waals surface area contributed by atoms with Crippen LogP contribution in [0, 0.1) is 0 Å². The molecular weight excluding hydrogens is 614 g/mol. The number of aliphatic hydroxyl groups is 1. The zero-order valence-electron chi connectivity index (χ0n) is 28.7. The number of piperidine rings is 1. The van der Waals surface area contributed by atoms with Crippen molar-refractivity contribution < 1.29 is 9.84 Å². The van der Waals surface area contributed by atoms with Crippen molar-refractivity contribution in [2.75, 3.05) is 69.0 Å². The molecule has 0 amide bonds. The molecule has 0 saturated carbocycles. The van der Waals surface area contributed by atoms with Crippen molar-refractivity contribution >= 4 is 39.9 Å². The number of hydrogen-bond donors (Lipinski definition) is 3. The van der Waals surface area contributed by atoms with E-state index in [4.69, 9.17) is 14.7 Å². The van der Waals surface area contributed by atoms with Crippen LogP contribution < -0.4 is 20.3 Å². The number of likely N-dealkylation sites (N-methyl/N-ethyl adjacent to an activating group) is 1. The maximum absolute atomic E-state index is 10.6. The molecule has 0 spiro atoms. The quantitative estimate of drug-likeness (QED) is 0.172. The molecule has 5 heterocycles. The van der Waals surface area contributed by atoms with Crippen LogP contribution in [-0.2, 0) is 5.60 Å². The fourth-order valence-electron chi connectivity index (χ4n) is 6.76. The Morgan fingerprint density at radius 1 is 0.857 bits per heavy atom. The van der Waals surface area contributed by atoms with E-state index in [1.165, 1.54) is 0 Å². The maximum atomic E-state index is 10.6. The van der Waals surface area contributed by atoms with Crippen molar-refractivity contribution in [1.82, 2.24) is 29.7 Å². The minimum atomic E-state index is -1.09. The Morgan fingerprint density at radius 3 is 2.45 bits per heavy atom. The summed E-state index contributed by atoms with van der Waals surface area (Å²) in [5.74, 6) is 2.38. The molecule has 2 saturated heterocycles. The van der Waals surface area contributed by atoms with E-state index in [1.54, 1.807) is 27.2 Å². The van der Waals surface area contributed by atoms with Crippen molar-refractivity contribution in [2.24, 2.45) is 0 Å². The lowest BCUT2D eigenvalue weighted by Crippen LogP contribution is -2.52. The number of ether oxygens (including phenoxy) is 1. The van der Waals surface area contributed by atoms with Gasteiger partial charge in [-0.15, -0.1) is 0 Å². The Balaban J connectivity index is 1.13. The van der Waals surface area contributed by atoms with E-state index in [0.29, 0.717) is 29.3 Å². The molecule has 5 aromatic rings. The van der Waals surface area contributed by atoms with Crippen molar-refractivity contribution in [3.8, 4) is 16.9 Å². The SMILES string of the molecule is COc1cc(Nc2ncc(-c3ccc4ncccc4c3)c(Nc3cccc(C(C)(C)O)n3)n2)ccc1N1CCC(N2CCN(C)CC2)CC1. The molecule has 2 aliphatic heterocycles. The Bertz CT molecular complexity index is 1910. The Hall–Kier alpha value is -4.84. The van der Waals surface area contributed by atoms with E-state index in [2.05, 4.69) is 60.5 Å². The van der Waals surface area contributed by atoms with E-state index in [-0.39, 0.29) is 0 Å². The van der Waals surface area contributed by atoms with E-state index >= 15 is 0 Å². The lowest BCUT2D eigenvalue weighted by atomic mass is 10.0. The van der Waals surface area contributed by atoms with Crippen LogP contribution in [0.15, 0.2) is 79.1 Å². The lowest BCUT2D eigenvalue weighted by molar-refractivity contribution is 0.0740. The molecule has 0 unspecified atom stereocenters. The maximum Gasteiger partial charge on any atom is 0.229 e. The van der Waals surface area contributed by atoms with Crippen LogP contribution in [0.25, 0.3) is 22.0 Å². The number of piperazine rings is 1. The molecule has 3 aromatic heterocycles. The van der Waals surface area contributed by atoms with Crippen LogP contribution in [0.5, 0.6) is 5.75 Å². The molecule has 49 heavy (non-hydrogen) atoms. The smallest absolute Gasteiger partial charge is 0.229 e. The second-order valence-corrected chi connectivity index (χ2v) is 13.5. The van der Waals surface area contributed by atoms with Gasteiger partial charge in [-0.3, -0.25) is 9.88 Å². The summed E-state index contributed by atoms with van der Waals surface area (Å²) in [6, 6.07) is 22.4. The van der Waals surface area contributed by atoms with Gasteiger partial charge in [-0.1, -0.05) is 18.2 Å². The highest BCUT2D eigenvalue weighted by molar-refractivity contribution is 5.87. The Kier molecular flexibility index (Phi) is 9.31. The highest BCUT2D eigenvalue weighted by Crippen LogP contribution is 2.36. The standard InChI is InChI=1S/C38H45N9O2/c1-38(2,48)34-8-5-9-35(42-34)43-36-30(26-10-12-31-27(23-26)7-6-16-39-31)25-40-37(44-36)41-28-11-13-32(33(24-28)49-4)47-17-14-29(15-18-47)46-21-19-45(3)20-22-46/h5-13,16,23-25,29,48H,14-15,17-22H2,1-4H3,(H2,40,41,42,43,44). The third kappa shape index (κ3) is 7.44. The average molecular weight is 660 g/mol. The van der Waals surface area contributed by atoms with Gasteiger partial charge < -0.3 is 30.3 Å². The number of aromatic nitrogens is 4. The molecule has 0 aliphatic carbocycles. The minimum absolute atomic E-state index is 0.426. The van der Waals surface area contributed by atoms with E-state index in [1.807, 2.05) is 54.7 Å². The highest BCUT2D eigenvalue weighted by Gasteiger charge is 2.28. The molecule has 7 rings (SSSR count). The number of rotatable bonds is 9. The van der Waals surface area contributed by atoms with E-state index in [0.717, 1.165) is 91.3 Å². The summed E-state index contributed by atoms with van der Waals surface area (Å²) in [6.45, 7) is 10.1. The molecule has 2 aliphatic rings. The van der Waals surface area contributed by atoms with Crippen LogP contribution in [0.2, 0.25) is 0 Å². The molecule has 0 radical (unpaired) electrons. The molecule has 2 aromatic carbocycles. The summed E-state index contributed by atoms with van der Waals surface area (Å²) in [5.41, 5.74) is 4.05. The number of hydrogen-bond acceptors (Lipinski definition) is 11. The number of methoxy groups -OCH3 is 1. The summed E-state index contributed by atoms with van der Waals surface area (Å²) in [4.78, 5) is 26.3. The fourth-order valence-corrected chi connectivity index (χ4v) is 6.76. The van der Waals surface area contributed by atoms with E-state index < -0.39 is 5.60 Å². The summed E-state index contributed by atoms with van der Waals surface area (Å²) in [7, 11) is 3.93. The molecular formula is C38H45N9O2. The third-order valence-electron chi connectivity index (χ3n) is 9.62. The number of pyridine rings is 2. The fraction of sp³-hybridized carbons (Fsp3) is 0.368. The largest absolute Gasteiger partial charge is 0.495 e. The molecule has 254 valence electrons. The predicted octanol–water partition coefficient (Wildman–Crippen LogP) is 6.03. The molecule has 2 fully saturated rings. The van der Waals surface area contributed by atoms with Crippen LogP contribution in [0.4, 0.5) is 29.0 Å². The lowest BCUT2D eigenvalue weighted by Gasteiger charge is -2.42. The van der Waals surface area contributed by atoms with Gasteiger partial charge in [0.05, 0.1) is 24.0 Å². The number of anilines is 5. The average Bonchev–Trinajstić information content (AvgIpc) is 3.12. The first-order valence-corrected chi connectivity index (χ1v) is 17.1. The molecule has 0 atom stereocenters. The normalized spacial score (nSPS) is 16.6. The second kappa shape index (κ2) is 13.9. The molecule has 3 N–H and O–H groups in total. The molecule has 0 bridgehead atoms. The van der Waals surface area contributed by atoms with Crippen molar-refractivity contribution in [3.63, 3.8) is 0 Å². The van der Waals surface area contributed by atoms with Crippen LogP contribution in [0.1, 0.15) is 32.4 Å². The van der Waals surface area contributed by atoms with Gasteiger partial charge in [-0.25, -0.2) is 9.97 Å². The van der Waals surface area contributed by atoms with Gasteiger partial charge in [0.2, 0.25) is 5.95 Å². The van der Waals surface area contributed by atoms with Gasteiger partial charge in [-0.2, -0.15) is 4.98 Å². The molecule has 11 nitrogen and oxygen atoms in total. The van der Waals surface area contributed by atoms with Crippen molar-refractivity contribution in [2.45, 2.75) is 38.3 Å². The zero-order valence-corrected chi connectivity index (χ0v) is 28.7. The molecule has 11 heteroatoms. The topological polar surface area (TPSA) is 115 Å². The zero-order chi connectivity index (χ0) is 34.0. The van der Waals surface area contributed by atoms with Gasteiger partial charge in [0.25, 0.3) is 0 Å². The predicted molar refractivity (Wildman–Crippen MR) is 196 cm³/mol. The van der Waals surface area contributed by atoms with Crippen molar-refractivity contribution in [1.29, 1.82) is 0 Å². The van der Waals surface area contributed by atoms with Crippen LogP contribution in [-0.4, -0.2) is 94.3 Å². The summed E-state index contributed by atoms with van der Waals surface area (Å²) in [5, 5.41) is 18.4. The monoisotopic (exact) mass is 659 g/mol. The number of fused-ring (bicyclic) bond motifs is 1. The van der Waals surface area contributed by atoms with E-state index in [9.17, 15) is 5.11 Å². The third-order valence-corrected chi connectivity index (χ3v) is 9.62. The summed E-state index contributed by atoms with van der Waals surface area (Å²) in [6.07, 6.45) is 5.91. The number of nitrogens with zero attached hydrogens (tertiary/aromatic N) is 7. The first-order chi connectivity index (χ1) is 23.7. The Labute approximate surface area is 288 Å². The van der Waals surface area contributed by atoms with Gasteiger partial charge >= 0.3 is 0 Å². The number of nitrogens with one attached hydrogen (secondary N) is 2. The number of benzene rings is 2. The van der Waals surface area contributed by atoms with Crippen LogP contribution in [0.3, 0.4) is 0 Å². The van der Waals surface area contributed by atoms with Gasteiger partial charge in [0.1, 0.15) is 23.0 Å². The minimum Gasteiger partial charge on any atom is -0.495 e. The highest BCUT2D eigenvalue weighted by atomic mass is 16.5. The second-order valence-electron chi connectivity index (χ2n) is 13.5. The summed E-state index contributed by atoms with van der Waals surface area (Å²) < 4.78 is 5.90. The summed E-state index contributed by atoms with van der Waals surface area (Å²) >= 11 is 0. The van der Waals surface area contributed by atoms with Gasteiger partial charge in [0, 0.05) is 80.4 Å². The van der Waals surface area contributed by atoms with Gasteiger partial charge in [-0.05, 0) is 81.8 Å². The van der Waals surface area contributed by atoms with Gasteiger partial charge in [0.15, 0.2) is 0 Å². The Morgan fingerprint density at radius 2 is 1.67 bits per heavy atom. The van der Waals surface area contributed by atoms with Crippen LogP contribution >= 0.6 is 0 Å². The first kappa shape index (κ1) is 32.7. The first-order valence-electron chi connectivity index (χ1n) is 17.1. The van der Waals surface area contributed by atoms with Crippen molar-refractivity contribution in [3.05, 3.63) is 84.8 Å².